The van der Waals surface area contributed by atoms with Crippen LogP contribution in [-0.4, -0.2) is 23.1 Å². The fourth-order valence-electron chi connectivity index (χ4n) is 1.55. The van der Waals surface area contributed by atoms with Crippen LogP contribution in [0.3, 0.4) is 0 Å². The average Bonchev–Trinajstić information content (AvgIpc) is 2.45. The lowest BCUT2D eigenvalue weighted by Crippen LogP contribution is -2.33. The molecule has 0 spiro atoms. The first-order valence-corrected chi connectivity index (χ1v) is 9.00. The van der Waals surface area contributed by atoms with Crippen molar-refractivity contribution in [1.82, 2.24) is 9.97 Å². The van der Waals surface area contributed by atoms with Crippen LogP contribution in [-0.2, 0) is 10.0 Å². The Hall–Kier alpha value is -1.64. The van der Waals surface area contributed by atoms with E-state index in [9.17, 15) is 12.8 Å². The lowest BCUT2D eigenvalue weighted by molar-refractivity contribution is 0.566. The van der Waals surface area contributed by atoms with Crippen molar-refractivity contribution in [2.75, 3.05) is 10.0 Å². The third kappa shape index (κ3) is 4.25. The maximum absolute atomic E-state index is 13.7. The zero-order valence-corrected chi connectivity index (χ0v) is 15.4. The Labute approximate surface area is 149 Å². The minimum absolute atomic E-state index is 0.124. The molecule has 10 heteroatoms. The van der Waals surface area contributed by atoms with Gasteiger partial charge in [0.15, 0.2) is 11.6 Å². The Balaban J connectivity index is 2.34. The van der Waals surface area contributed by atoms with Crippen LogP contribution < -0.4 is 10.0 Å². The summed E-state index contributed by atoms with van der Waals surface area (Å²) in [6.07, 6.45) is 0.927. The maximum Gasteiger partial charge on any atom is 0.237 e. The molecule has 24 heavy (non-hydrogen) atoms. The standard InChI is InChI=1S/C14H15Cl2FN4O2S/c1-14(2,3)24(22,23)21-11-6-8(4-5-9(11)15)19-12-10(17)7-18-13(16)20-12/h4-7,21H,1-3H3,(H,18,19,20). The third-order valence-electron chi connectivity index (χ3n) is 2.99. The van der Waals surface area contributed by atoms with Crippen molar-refractivity contribution in [2.24, 2.45) is 0 Å². The molecular weight excluding hydrogens is 378 g/mol. The van der Waals surface area contributed by atoms with E-state index in [2.05, 4.69) is 20.0 Å². The molecule has 2 aromatic rings. The molecule has 0 amide bonds. The molecule has 0 unspecified atom stereocenters. The van der Waals surface area contributed by atoms with E-state index in [0.717, 1.165) is 6.20 Å². The molecule has 0 atom stereocenters. The highest BCUT2D eigenvalue weighted by atomic mass is 35.5. The van der Waals surface area contributed by atoms with Gasteiger partial charge in [-0.2, -0.15) is 4.98 Å². The van der Waals surface area contributed by atoms with Crippen molar-refractivity contribution >= 4 is 50.4 Å². The van der Waals surface area contributed by atoms with Crippen molar-refractivity contribution in [1.29, 1.82) is 0 Å². The number of sulfonamides is 1. The quantitative estimate of drug-likeness (QED) is 0.761. The molecule has 1 aromatic heterocycles. The van der Waals surface area contributed by atoms with Crippen molar-refractivity contribution in [3.8, 4) is 0 Å². The Bertz CT molecular complexity index is 870. The Morgan fingerprint density at radius 3 is 2.50 bits per heavy atom. The average molecular weight is 393 g/mol. The summed E-state index contributed by atoms with van der Waals surface area (Å²) < 4.78 is 39.6. The van der Waals surface area contributed by atoms with Crippen LogP contribution in [0.25, 0.3) is 0 Å². The van der Waals surface area contributed by atoms with Gasteiger partial charge in [0.2, 0.25) is 15.3 Å². The van der Waals surface area contributed by atoms with Crippen LogP contribution in [0.5, 0.6) is 0 Å². The third-order valence-corrected chi connectivity index (χ3v) is 5.61. The number of nitrogens with one attached hydrogen (secondary N) is 2. The molecule has 2 rings (SSSR count). The van der Waals surface area contributed by atoms with Crippen molar-refractivity contribution < 1.29 is 12.8 Å². The van der Waals surface area contributed by atoms with Gasteiger partial charge in [-0.3, -0.25) is 4.72 Å². The zero-order valence-electron chi connectivity index (χ0n) is 13.1. The number of rotatable bonds is 4. The van der Waals surface area contributed by atoms with Gasteiger partial charge in [-0.05, 0) is 50.6 Å². The number of aromatic nitrogens is 2. The highest BCUT2D eigenvalue weighted by Crippen LogP contribution is 2.30. The van der Waals surface area contributed by atoms with Crippen molar-refractivity contribution in [2.45, 2.75) is 25.5 Å². The number of hydrogen-bond donors (Lipinski definition) is 2. The molecule has 0 saturated carbocycles. The molecule has 0 bridgehead atoms. The van der Waals surface area contributed by atoms with E-state index in [0.29, 0.717) is 5.69 Å². The second-order valence-corrected chi connectivity index (χ2v) is 9.05. The molecule has 0 saturated heterocycles. The topological polar surface area (TPSA) is 84.0 Å². The van der Waals surface area contributed by atoms with Crippen LogP contribution in [0.15, 0.2) is 24.4 Å². The summed E-state index contributed by atoms with van der Waals surface area (Å²) in [5.74, 6) is -0.840. The molecule has 2 N–H and O–H groups in total. The second kappa shape index (κ2) is 6.70. The predicted octanol–water partition coefficient (Wildman–Crippen LogP) is 4.21. The Morgan fingerprint density at radius 2 is 1.88 bits per heavy atom. The van der Waals surface area contributed by atoms with Gasteiger partial charge in [-0.1, -0.05) is 11.6 Å². The van der Waals surface area contributed by atoms with Gasteiger partial charge in [-0.25, -0.2) is 17.8 Å². The largest absolute Gasteiger partial charge is 0.338 e. The first-order valence-electron chi connectivity index (χ1n) is 6.76. The van der Waals surface area contributed by atoms with Crippen molar-refractivity contribution in [3.63, 3.8) is 0 Å². The van der Waals surface area contributed by atoms with Gasteiger partial charge in [-0.15, -0.1) is 0 Å². The highest BCUT2D eigenvalue weighted by molar-refractivity contribution is 7.94. The summed E-state index contributed by atoms with van der Waals surface area (Å²) in [5.41, 5.74) is 0.539. The smallest absolute Gasteiger partial charge is 0.237 e. The molecule has 130 valence electrons. The van der Waals surface area contributed by atoms with Crippen LogP contribution in [0.2, 0.25) is 10.3 Å². The predicted molar refractivity (Wildman–Crippen MR) is 94.0 cm³/mol. The van der Waals surface area contributed by atoms with Gasteiger partial charge in [0.1, 0.15) is 0 Å². The molecule has 6 nitrogen and oxygen atoms in total. The van der Waals surface area contributed by atoms with Crippen LogP contribution in [0, 0.1) is 5.82 Å². The second-order valence-electron chi connectivity index (χ2n) is 5.87. The van der Waals surface area contributed by atoms with Gasteiger partial charge >= 0.3 is 0 Å². The number of halogens is 3. The summed E-state index contributed by atoms with van der Waals surface area (Å²) in [6, 6.07) is 4.46. The monoisotopic (exact) mass is 392 g/mol. The van der Waals surface area contributed by atoms with Crippen LogP contribution in [0.4, 0.5) is 21.6 Å². The molecule has 0 radical (unpaired) electrons. The van der Waals surface area contributed by atoms with Gasteiger partial charge in [0.25, 0.3) is 0 Å². The summed E-state index contributed by atoms with van der Waals surface area (Å²) in [5, 5.41) is 2.78. The number of anilines is 3. The molecular formula is C14H15Cl2FN4O2S. The Kier molecular flexibility index (Phi) is 5.22. The Morgan fingerprint density at radius 1 is 1.21 bits per heavy atom. The van der Waals surface area contributed by atoms with E-state index in [-0.39, 0.29) is 21.8 Å². The van der Waals surface area contributed by atoms with E-state index in [1.807, 2.05) is 0 Å². The van der Waals surface area contributed by atoms with Crippen LogP contribution >= 0.6 is 23.2 Å². The van der Waals surface area contributed by atoms with E-state index < -0.39 is 20.6 Å². The zero-order chi connectivity index (χ0) is 18.1. The van der Waals surface area contributed by atoms with E-state index in [1.165, 1.54) is 12.1 Å². The van der Waals surface area contributed by atoms with E-state index in [1.54, 1.807) is 26.8 Å². The van der Waals surface area contributed by atoms with Crippen molar-refractivity contribution in [3.05, 3.63) is 40.5 Å². The van der Waals surface area contributed by atoms with E-state index >= 15 is 0 Å². The summed E-state index contributed by atoms with van der Waals surface area (Å²) >= 11 is 11.7. The lowest BCUT2D eigenvalue weighted by Gasteiger charge is -2.21. The molecule has 1 heterocycles. The number of benzene rings is 1. The SMILES string of the molecule is CC(C)(C)S(=O)(=O)Nc1cc(Nc2nc(Cl)ncc2F)ccc1Cl. The minimum atomic E-state index is -3.66. The first-order chi connectivity index (χ1) is 11.0. The summed E-state index contributed by atoms with van der Waals surface area (Å²) in [6.45, 7) is 4.68. The van der Waals surface area contributed by atoms with Gasteiger partial charge in [0.05, 0.1) is 21.7 Å². The molecule has 0 aliphatic carbocycles. The maximum atomic E-state index is 13.7. The minimum Gasteiger partial charge on any atom is -0.338 e. The molecule has 0 fully saturated rings. The first kappa shape index (κ1) is 18.7. The lowest BCUT2D eigenvalue weighted by atomic mass is 10.3. The molecule has 0 aliphatic heterocycles. The van der Waals surface area contributed by atoms with Gasteiger partial charge < -0.3 is 5.32 Å². The van der Waals surface area contributed by atoms with Crippen LogP contribution in [0.1, 0.15) is 20.8 Å². The fourth-order valence-corrected chi connectivity index (χ4v) is 2.67. The highest BCUT2D eigenvalue weighted by Gasteiger charge is 2.29. The summed E-state index contributed by atoms with van der Waals surface area (Å²) in [7, 11) is -3.66. The summed E-state index contributed by atoms with van der Waals surface area (Å²) in [4.78, 5) is 7.25. The fraction of sp³-hybridized carbons (Fsp3) is 0.286. The molecule has 0 aliphatic rings. The van der Waals surface area contributed by atoms with E-state index in [4.69, 9.17) is 23.2 Å². The normalized spacial score (nSPS) is 12.1. The van der Waals surface area contributed by atoms with Gasteiger partial charge in [0, 0.05) is 5.69 Å². The molecule has 1 aromatic carbocycles. The number of nitrogens with zero attached hydrogens (tertiary/aromatic N) is 2. The number of hydrogen-bond acceptors (Lipinski definition) is 5.